The summed E-state index contributed by atoms with van der Waals surface area (Å²) >= 11 is 0. The molecule has 1 aromatic rings. The standard InChI is InChI=1S/C17H27N3O/c1-4-13(3)19-17(21)12-20-11-10-15(18-5-2)14-8-6-7-9-16(14)20/h6-9,13,15,18H,4-5,10-12H2,1-3H3,(H,19,21). The Labute approximate surface area is 127 Å². The van der Waals surface area contributed by atoms with E-state index in [2.05, 4.69) is 47.6 Å². The van der Waals surface area contributed by atoms with E-state index in [0.29, 0.717) is 12.6 Å². The second-order valence-electron chi connectivity index (χ2n) is 5.76. The number of fused-ring (bicyclic) bond motifs is 1. The molecule has 2 atom stereocenters. The molecule has 2 N–H and O–H groups in total. The number of nitrogens with zero attached hydrogens (tertiary/aromatic N) is 1. The molecule has 0 bridgehead atoms. The quantitative estimate of drug-likeness (QED) is 0.845. The van der Waals surface area contributed by atoms with Crippen molar-refractivity contribution in [1.82, 2.24) is 10.6 Å². The Morgan fingerprint density at radius 3 is 2.86 bits per heavy atom. The van der Waals surface area contributed by atoms with Gasteiger partial charge in [-0.3, -0.25) is 4.79 Å². The number of hydrogen-bond acceptors (Lipinski definition) is 3. The zero-order valence-electron chi connectivity index (χ0n) is 13.4. The first kappa shape index (κ1) is 15.8. The van der Waals surface area contributed by atoms with Crippen molar-refractivity contribution in [1.29, 1.82) is 0 Å². The maximum atomic E-state index is 12.1. The molecule has 1 aliphatic rings. The van der Waals surface area contributed by atoms with Crippen molar-refractivity contribution in [3.05, 3.63) is 29.8 Å². The lowest BCUT2D eigenvalue weighted by Gasteiger charge is -2.35. The highest BCUT2D eigenvalue weighted by Gasteiger charge is 2.25. The van der Waals surface area contributed by atoms with Crippen LogP contribution in [0.2, 0.25) is 0 Å². The summed E-state index contributed by atoms with van der Waals surface area (Å²) in [4.78, 5) is 14.3. The Morgan fingerprint density at radius 1 is 1.38 bits per heavy atom. The molecule has 4 nitrogen and oxygen atoms in total. The van der Waals surface area contributed by atoms with E-state index in [1.807, 2.05) is 13.0 Å². The zero-order valence-corrected chi connectivity index (χ0v) is 13.4. The number of carbonyl (C=O) groups excluding carboxylic acids is 1. The Bertz CT molecular complexity index is 475. The summed E-state index contributed by atoms with van der Waals surface area (Å²) in [6.45, 7) is 8.59. The lowest BCUT2D eigenvalue weighted by molar-refractivity contribution is -0.120. The summed E-state index contributed by atoms with van der Waals surface area (Å²) < 4.78 is 0. The fourth-order valence-electron chi connectivity index (χ4n) is 2.85. The third-order valence-electron chi connectivity index (χ3n) is 4.15. The van der Waals surface area contributed by atoms with Crippen LogP contribution >= 0.6 is 0 Å². The van der Waals surface area contributed by atoms with Crippen LogP contribution < -0.4 is 15.5 Å². The minimum Gasteiger partial charge on any atom is -0.362 e. The molecule has 0 saturated carbocycles. The SMILES string of the molecule is CCNC1CCN(CC(=O)NC(C)CC)c2ccccc21. The molecule has 0 aromatic heterocycles. The van der Waals surface area contributed by atoms with E-state index in [-0.39, 0.29) is 11.9 Å². The molecule has 2 rings (SSSR count). The van der Waals surface area contributed by atoms with Gasteiger partial charge in [-0.2, -0.15) is 0 Å². The van der Waals surface area contributed by atoms with E-state index in [1.54, 1.807) is 0 Å². The first-order valence-electron chi connectivity index (χ1n) is 8.02. The van der Waals surface area contributed by atoms with Gasteiger partial charge in [-0.1, -0.05) is 32.0 Å². The van der Waals surface area contributed by atoms with E-state index >= 15 is 0 Å². The van der Waals surface area contributed by atoms with Crippen molar-refractivity contribution in [3.63, 3.8) is 0 Å². The molecule has 0 fully saturated rings. The number of nitrogens with one attached hydrogen (secondary N) is 2. The molecule has 1 heterocycles. The Kier molecular flexibility index (Phi) is 5.62. The number of anilines is 1. The molecular weight excluding hydrogens is 262 g/mol. The fourth-order valence-corrected chi connectivity index (χ4v) is 2.85. The first-order valence-corrected chi connectivity index (χ1v) is 8.02. The predicted molar refractivity (Wildman–Crippen MR) is 87.6 cm³/mol. The largest absolute Gasteiger partial charge is 0.362 e. The Hall–Kier alpha value is -1.55. The molecule has 1 aromatic carbocycles. The molecule has 0 saturated heterocycles. The molecule has 0 aliphatic carbocycles. The molecular formula is C17H27N3O. The predicted octanol–water partition coefficient (Wildman–Crippen LogP) is 2.46. The van der Waals surface area contributed by atoms with Crippen LogP contribution in [0.5, 0.6) is 0 Å². The summed E-state index contributed by atoms with van der Waals surface area (Å²) in [6, 6.07) is 9.06. The number of hydrogen-bond donors (Lipinski definition) is 2. The van der Waals surface area contributed by atoms with Crippen molar-refractivity contribution < 1.29 is 4.79 Å². The van der Waals surface area contributed by atoms with Gasteiger partial charge < -0.3 is 15.5 Å². The van der Waals surface area contributed by atoms with Crippen LogP contribution in [-0.4, -0.2) is 31.6 Å². The van der Waals surface area contributed by atoms with Gasteiger partial charge in [0.05, 0.1) is 6.54 Å². The van der Waals surface area contributed by atoms with E-state index in [9.17, 15) is 4.79 Å². The van der Waals surface area contributed by atoms with Crippen molar-refractivity contribution in [2.24, 2.45) is 0 Å². The van der Waals surface area contributed by atoms with Crippen LogP contribution in [0.15, 0.2) is 24.3 Å². The van der Waals surface area contributed by atoms with Gasteiger partial charge in [0.1, 0.15) is 0 Å². The molecule has 0 radical (unpaired) electrons. The van der Waals surface area contributed by atoms with Crippen molar-refractivity contribution in [3.8, 4) is 0 Å². The Morgan fingerprint density at radius 2 is 2.14 bits per heavy atom. The molecule has 0 spiro atoms. The van der Waals surface area contributed by atoms with E-state index in [0.717, 1.165) is 25.9 Å². The maximum Gasteiger partial charge on any atom is 0.239 e. The van der Waals surface area contributed by atoms with Gasteiger partial charge >= 0.3 is 0 Å². The van der Waals surface area contributed by atoms with Crippen LogP contribution in [0.3, 0.4) is 0 Å². The smallest absolute Gasteiger partial charge is 0.239 e. The normalized spacial score (nSPS) is 19.0. The average molecular weight is 289 g/mol. The number of carbonyl (C=O) groups is 1. The first-order chi connectivity index (χ1) is 10.2. The Balaban J connectivity index is 2.08. The highest BCUT2D eigenvalue weighted by atomic mass is 16.2. The van der Waals surface area contributed by atoms with Crippen LogP contribution in [-0.2, 0) is 4.79 Å². The van der Waals surface area contributed by atoms with E-state index in [4.69, 9.17) is 0 Å². The van der Waals surface area contributed by atoms with Crippen LogP contribution in [0.25, 0.3) is 0 Å². The summed E-state index contributed by atoms with van der Waals surface area (Å²) in [5.74, 6) is 0.112. The lowest BCUT2D eigenvalue weighted by Crippen LogP contribution is -2.44. The fraction of sp³-hybridized carbons (Fsp3) is 0.588. The van der Waals surface area contributed by atoms with Gasteiger partial charge in [0.15, 0.2) is 0 Å². The monoisotopic (exact) mass is 289 g/mol. The highest BCUT2D eigenvalue weighted by molar-refractivity contribution is 5.82. The summed E-state index contributed by atoms with van der Waals surface area (Å²) in [5, 5.41) is 6.58. The second kappa shape index (κ2) is 7.46. The second-order valence-corrected chi connectivity index (χ2v) is 5.76. The van der Waals surface area contributed by atoms with Crippen molar-refractivity contribution >= 4 is 11.6 Å². The number of benzene rings is 1. The van der Waals surface area contributed by atoms with Crippen LogP contribution in [0.1, 0.15) is 45.2 Å². The third-order valence-corrected chi connectivity index (χ3v) is 4.15. The summed E-state index contributed by atoms with van der Waals surface area (Å²) in [7, 11) is 0. The zero-order chi connectivity index (χ0) is 15.2. The highest BCUT2D eigenvalue weighted by Crippen LogP contribution is 2.33. The van der Waals surface area contributed by atoms with Crippen LogP contribution in [0.4, 0.5) is 5.69 Å². The molecule has 1 amide bonds. The lowest BCUT2D eigenvalue weighted by atomic mass is 9.96. The number of amides is 1. The average Bonchev–Trinajstić information content (AvgIpc) is 2.49. The number of rotatable bonds is 6. The van der Waals surface area contributed by atoms with E-state index in [1.165, 1.54) is 11.3 Å². The van der Waals surface area contributed by atoms with Gasteiger partial charge in [-0.25, -0.2) is 0 Å². The molecule has 116 valence electrons. The minimum atomic E-state index is 0.112. The van der Waals surface area contributed by atoms with Gasteiger partial charge in [0.25, 0.3) is 0 Å². The van der Waals surface area contributed by atoms with Gasteiger partial charge in [0, 0.05) is 24.3 Å². The van der Waals surface area contributed by atoms with Gasteiger partial charge in [-0.15, -0.1) is 0 Å². The molecule has 4 heteroatoms. The summed E-state index contributed by atoms with van der Waals surface area (Å²) in [6.07, 6.45) is 2.01. The summed E-state index contributed by atoms with van der Waals surface area (Å²) in [5.41, 5.74) is 2.50. The van der Waals surface area contributed by atoms with Gasteiger partial charge in [0.2, 0.25) is 5.91 Å². The number of para-hydroxylation sites is 1. The van der Waals surface area contributed by atoms with E-state index < -0.39 is 0 Å². The molecule has 1 aliphatic heterocycles. The third kappa shape index (κ3) is 3.97. The molecule has 2 unspecified atom stereocenters. The van der Waals surface area contributed by atoms with Crippen molar-refractivity contribution in [2.75, 3.05) is 24.5 Å². The van der Waals surface area contributed by atoms with Crippen LogP contribution in [0, 0.1) is 0 Å². The topological polar surface area (TPSA) is 44.4 Å². The van der Waals surface area contributed by atoms with Gasteiger partial charge in [-0.05, 0) is 37.9 Å². The molecule has 21 heavy (non-hydrogen) atoms. The minimum absolute atomic E-state index is 0.112. The van der Waals surface area contributed by atoms with Crippen molar-refractivity contribution in [2.45, 2.75) is 45.7 Å². The maximum absolute atomic E-state index is 12.1.